The van der Waals surface area contributed by atoms with Gasteiger partial charge in [0.2, 0.25) is 5.95 Å². The van der Waals surface area contributed by atoms with Gasteiger partial charge < -0.3 is 19.6 Å². The van der Waals surface area contributed by atoms with E-state index in [-0.39, 0.29) is 12.7 Å². The predicted octanol–water partition coefficient (Wildman–Crippen LogP) is 0.613. The number of carboxylic acid groups (broad SMARTS) is 1. The molecule has 2 heterocycles. The summed E-state index contributed by atoms with van der Waals surface area (Å²) >= 11 is 0. The first kappa shape index (κ1) is 14.5. The number of nitrogens with zero attached hydrogens (tertiary/aromatic N) is 4. The summed E-state index contributed by atoms with van der Waals surface area (Å²) in [5.41, 5.74) is 0. The van der Waals surface area contributed by atoms with Crippen LogP contribution in [0.15, 0.2) is 12.3 Å². The molecule has 1 saturated heterocycles. The number of rotatable bonds is 5. The third kappa shape index (κ3) is 3.80. The Bertz CT molecular complexity index is 459. The van der Waals surface area contributed by atoms with Crippen LogP contribution in [0.4, 0.5) is 11.8 Å². The molecule has 0 saturated carbocycles. The van der Waals surface area contributed by atoms with Crippen molar-refractivity contribution in [2.24, 2.45) is 0 Å². The van der Waals surface area contributed by atoms with Crippen molar-refractivity contribution in [3.05, 3.63) is 12.3 Å². The highest BCUT2D eigenvalue weighted by atomic mass is 16.5. The summed E-state index contributed by atoms with van der Waals surface area (Å²) in [6.07, 6.45) is 3.41. The van der Waals surface area contributed by atoms with Gasteiger partial charge in [-0.05, 0) is 18.9 Å². The van der Waals surface area contributed by atoms with E-state index in [4.69, 9.17) is 9.84 Å². The van der Waals surface area contributed by atoms with Crippen LogP contribution in [-0.2, 0) is 9.53 Å². The zero-order chi connectivity index (χ0) is 14.5. The normalized spacial score (nSPS) is 16.2. The standard InChI is InChI=1S/C13H20N4O3/c1-16(2)13-14-6-3-11(15-13)17-7-4-10(5-8-17)20-9-12(18)19/h3,6,10H,4-5,7-9H2,1-2H3,(H,18,19). The minimum absolute atomic E-state index is 0.0255. The van der Waals surface area contributed by atoms with Crippen molar-refractivity contribution >= 4 is 17.7 Å². The molecule has 1 fully saturated rings. The zero-order valence-electron chi connectivity index (χ0n) is 11.8. The van der Waals surface area contributed by atoms with Crippen LogP contribution >= 0.6 is 0 Å². The molecule has 0 amide bonds. The second-order valence-electron chi connectivity index (χ2n) is 5.00. The second-order valence-corrected chi connectivity index (χ2v) is 5.00. The van der Waals surface area contributed by atoms with Gasteiger partial charge in [0, 0.05) is 33.4 Å². The molecule has 0 spiro atoms. The fourth-order valence-corrected chi connectivity index (χ4v) is 2.17. The Kier molecular flexibility index (Phi) is 4.73. The van der Waals surface area contributed by atoms with Gasteiger partial charge in [-0.3, -0.25) is 0 Å². The van der Waals surface area contributed by atoms with E-state index >= 15 is 0 Å². The summed E-state index contributed by atoms with van der Waals surface area (Å²) in [5.74, 6) is 0.672. The molecule has 0 atom stereocenters. The lowest BCUT2D eigenvalue weighted by Gasteiger charge is -2.32. The Hall–Kier alpha value is -1.89. The number of anilines is 2. The zero-order valence-corrected chi connectivity index (χ0v) is 11.8. The van der Waals surface area contributed by atoms with Gasteiger partial charge in [0.15, 0.2) is 0 Å². The smallest absolute Gasteiger partial charge is 0.329 e. The largest absolute Gasteiger partial charge is 0.480 e. The number of carbonyl (C=O) groups is 1. The number of carboxylic acids is 1. The monoisotopic (exact) mass is 280 g/mol. The summed E-state index contributed by atoms with van der Waals surface area (Å²) in [6.45, 7) is 1.41. The van der Waals surface area contributed by atoms with Crippen LogP contribution in [0.1, 0.15) is 12.8 Å². The van der Waals surface area contributed by atoms with Gasteiger partial charge in [0.25, 0.3) is 0 Å². The van der Waals surface area contributed by atoms with Crippen molar-refractivity contribution in [3.63, 3.8) is 0 Å². The Morgan fingerprint density at radius 2 is 2.20 bits per heavy atom. The van der Waals surface area contributed by atoms with Crippen LogP contribution in [0.5, 0.6) is 0 Å². The van der Waals surface area contributed by atoms with Gasteiger partial charge in [-0.2, -0.15) is 4.98 Å². The van der Waals surface area contributed by atoms with Gasteiger partial charge in [-0.25, -0.2) is 9.78 Å². The van der Waals surface area contributed by atoms with E-state index in [9.17, 15) is 4.79 Å². The molecule has 1 aromatic rings. The lowest BCUT2D eigenvalue weighted by Crippen LogP contribution is -2.38. The molecular weight excluding hydrogens is 260 g/mol. The highest BCUT2D eigenvalue weighted by Crippen LogP contribution is 2.20. The molecule has 110 valence electrons. The molecule has 7 nitrogen and oxygen atoms in total. The molecule has 0 radical (unpaired) electrons. The number of aliphatic carboxylic acids is 1. The van der Waals surface area contributed by atoms with Gasteiger partial charge in [0.05, 0.1) is 6.10 Å². The molecule has 1 aromatic heterocycles. The van der Waals surface area contributed by atoms with E-state index < -0.39 is 5.97 Å². The Balaban J connectivity index is 1.90. The summed E-state index contributed by atoms with van der Waals surface area (Å²) in [5, 5.41) is 8.60. The molecule has 20 heavy (non-hydrogen) atoms. The predicted molar refractivity (Wildman–Crippen MR) is 75.2 cm³/mol. The Morgan fingerprint density at radius 3 is 2.80 bits per heavy atom. The van der Waals surface area contributed by atoms with Crippen LogP contribution in [-0.4, -0.2) is 60.9 Å². The van der Waals surface area contributed by atoms with Gasteiger partial charge >= 0.3 is 5.97 Å². The number of aromatic nitrogens is 2. The summed E-state index contributed by atoms with van der Waals surface area (Å²) in [6, 6.07) is 1.89. The SMILES string of the molecule is CN(C)c1nccc(N2CCC(OCC(=O)O)CC2)n1. The third-order valence-corrected chi connectivity index (χ3v) is 3.24. The molecule has 0 bridgehead atoms. The van der Waals surface area contributed by atoms with Crippen LogP contribution in [0.3, 0.4) is 0 Å². The lowest BCUT2D eigenvalue weighted by molar-refractivity contribution is -0.144. The topological polar surface area (TPSA) is 78.8 Å². The molecule has 7 heteroatoms. The number of ether oxygens (including phenoxy) is 1. The highest BCUT2D eigenvalue weighted by Gasteiger charge is 2.21. The minimum Gasteiger partial charge on any atom is -0.480 e. The summed E-state index contributed by atoms with van der Waals surface area (Å²) in [4.78, 5) is 23.2. The average molecular weight is 280 g/mol. The van der Waals surface area contributed by atoms with Crippen LogP contribution in [0, 0.1) is 0 Å². The van der Waals surface area contributed by atoms with Crippen molar-refractivity contribution in [1.29, 1.82) is 0 Å². The molecule has 0 unspecified atom stereocenters. The molecule has 1 aliphatic heterocycles. The highest BCUT2D eigenvalue weighted by molar-refractivity contribution is 5.68. The summed E-state index contributed by atoms with van der Waals surface area (Å²) in [7, 11) is 3.82. The van der Waals surface area contributed by atoms with Crippen molar-refractivity contribution < 1.29 is 14.6 Å². The first-order chi connectivity index (χ1) is 9.56. The molecule has 2 rings (SSSR count). The van der Waals surface area contributed by atoms with E-state index in [1.807, 2.05) is 25.1 Å². The van der Waals surface area contributed by atoms with Crippen molar-refractivity contribution in [1.82, 2.24) is 9.97 Å². The Morgan fingerprint density at radius 1 is 1.50 bits per heavy atom. The van der Waals surface area contributed by atoms with Crippen LogP contribution < -0.4 is 9.80 Å². The van der Waals surface area contributed by atoms with Gasteiger partial charge in [-0.15, -0.1) is 0 Å². The first-order valence-corrected chi connectivity index (χ1v) is 6.65. The van der Waals surface area contributed by atoms with Crippen LogP contribution in [0.25, 0.3) is 0 Å². The lowest BCUT2D eigenvalue weighted by atomic mass is 10.1. The molecule has 0 aromatic carbocycles. The minimum atomic E-state index is -0.918. The van der Waals surface area contributed by atoms with Crippen molar-refractivity contribution in [3.8, 4) is 0 Å². The van der Waals surface area contributed by atoms with E-state index in [0.717, 1.165) is 31.7 Å². The quantitative estimate of drug-likeness (QED) is 0.846. The van der Waals surface area contributed by atoms with E-state index in [2.05, 4.69) is 14.9 Å². The second kappa shape index (κ2) is 6.51. The van der Waals surface area contributed by atoms with E-state index in [0.29, 0.717) is 5.95 Å². The van der Waals surface area contributed by atoms with Crippen molar-refractivity contribution in [2.45, 2.75) is 18.9 Å². The van der Waals surface area contributed by atoms with E-state index in [1.54, 1.807) is 6.20 Å². The maximum absolute atomic E-state index is 10.5. The molecule has 1 aliphatic rings. The maximum Gasteiger partial charge on any atom is 0.329 e. The van der Waals surface area contributed by atoms with E-state index in [1.165, 1.54) is 0 Å². The molecule has 1 N–H and O–H groups in total. The summed E-state index contributed by atoms with van der Waals surface area (Å²) < 4.78 is 5.32. The Labute approximate surface area is 118 Å². The van der Waals surface area contributed by atoms with Crippen LogP contribution in [0.2, 0.25) is 0 Å². The number of piperidine rings is 1. The maximum atomic E-state index is 10.5. The molecule has 0 aliphatic carbocycles. The fraction of sp³-hybridized carbons (Fsp3) is 0.615. The fourth-order valence-electron chi connectivity index (χ4n) is 2.17. The first-order valence-electron chi connectivity index (χ1n) is 6.65. The van der Waals surface area contributed by atoms with Crippen molar-refractivity contribution in [2.75, 3.05) is 43.6 Å². The van der Waals surface area contributed by atoms with Gasteiger partial charge in [-0.1, -0.05) is 0 Å². The number of hydrogen-bond acceptors (Lipinski definition) is 6. The average Bonchev–Trinajstić information content (AvgIpc) is 2.46. The third-order valence-electron chi connectivity index (χ3n) is 3.24. The van der Waals surface area contributed by atoms with Gasteiger partial charge in [0.1, 0.15) is 12.4 Å². The number of hydrogen-bond donors (Lipinski definition) is 1. The molecular formula is C13H20N4O3.